The highest BCUT2D eigenvalue weighted by atomic mass is 35.5. The molecule has 0 fully saturated rings. The summed E-state index contributed by atoms with van der Waals surface area (Å²) in [4.78, 5) is 16.0. The number of aryl methyl sites for hydroxylation is 1. The Morgan fingerprint density at radius 2 is 2.32 bits per heavy atom. The van der Waals surface area contributed by atoms with Crippen molar-refractivity contribution >= 4 is 17.5 Å². The molecule has 1 amide bonds. The van der Waals surface area contributed by atoms with E-state index < -0.39 is 0 Å². The van der Waals surface area contributed by atoms with Crippen LogP contribution in [0.1, 0.15) is 41.4 Å². The maximum atomic E-state index is 12.0. The SMILES string of the molecule is CCC(NC(=O)c1n[nH]c(C)n1)c1cccc(Cl)c1. The number of amides is 1. The molecule has 0 aliphatic carbocycles. The maximum absolute atomic E-state index is 12.0. The van der Waals surface area contributed by atoms with Crippen LogP contribution < -0.4 is 5.32 Å². The number of H-pyrrole nitrogens is 1. The van der Waals surface area contributed by atoms with Crippen molar-refractivity contribution in [2.45, 2.75) is 26.3 Å². The zero-order chi connectivity index (χ0) is 13.8. The Kier molecular flexibility index (Phi) is 4.16. The number of rotatable bonds is 4. The van der Waals surface area contributed by atoms with Gasteiger partial charge >= 0.3 is 0 Å². The first-order chi connectivity index (χ1) is 9.10. The Morgan fingerprint density at radius 1 is 1.53 bits per heavy atom. The van der Waals surface area contributed by atoms with Crippen molar-refractivity contribution in [2.24, 2.45) is 0 Å². The number of nitrogens with zero attached hydrogens (tertiary/aromatic N) is 2. The van der Waals surface area contributed by atoms with Gasteiger partial charge in [0.05, 0.1) is 6.04 Å². The average molecular weight is 279 g/mol. The van der Waals surface area contributed by atoms with Crippen LogP contribution in [0.3, 0.4) is 0 Å². The first kappa shape index (κ1) is 13.5. The molecule has 0 spiro atoms. The smallest absolute Gasteiger partial charge is 0.291 e. The zero-order valence-corrected chi connectivity index (χ0v) is 11.5. The van der Waals surface area contributed by atoms with Crippen LogP contribution in [-0.4, -0.2) is 21.1 Å². The molecule has 1 aromatic carbocycles. The highest BCUT2D eigenvalue weighted by molar-refractivity contribution is 6.30. The summed E-state index contributed by atoms with van der Waals surface area (Å²) in [5.74, 6) is 0.468. The normalized spacial score (nSPS) is 12.2. The molecule has 19 heavy (non-hydrogen) atoms. The number of halogens is 1. The summed E-state index contributed by atoms with van der Waals surface area (Å²) in [7, 11) is 0. The van der Waals surface area contributed by atoms with Crippen LogP contribution >= 0.6 is 11.6 Å². The summed E-state index contributed by atoms with van der Waals surface area (Å²) in [6.45, 7) is 3.74. The van der Waals surface area contributed by atoms with Crippen molar-refractivity contribution in [1.29, 1.82) is 0 Å². The van der Waals surface area contributed by atoms with E-state index in [4.69, 9.17) is 11.6 Å². The second kappa shape index (κ2) is 5.84. The lowest BCUT2D eigenvalue weighted by atomic mass is 10.0. The molecule has 0 saturated heterocycles. The van der Waals surface area contributed by atoms with Gasteiger partial charge in [-0.05, 0) is 31.0 Å². The van der Waals surface area contributed by atoms with Crippen molar-refractivity contribution in [2.75, 3.05) is 0 Å². The van der Waals surface area contributed by atoms with Gasteiger partial charge in [0.2, 0.25) is 5.82 Å². The van der Waals surface area contributed by atoms with Crippen LogP contribution in [0.2, 0.25) is 5.02 Å². The number of nitrogens with one attached hydrogen (secondary N) is 2. The lowest BCUT2D eigenvalue weighted by Gasteiger charge is -2.16. The Bertz CT molecular complexity index is 582. The number of benzene rings is 1. The highest BCUT2D eigenvalue weighted by Gasteiger charge is 2.17. The minimum atomic E-state index is -0.295. The fraction of sp³-hybridized carbons (Fsp3) is 0.308. The zero-order valence-electron chi connectivity index (χ0n) is 10.8. The van der Waals surface area contributed by atoms with E-state index in [1.807, 2.05) is 25.1 Å². The molecule has 0 bridgehead atoms. The minimum absolute atomic E-state index is 0.106. The third-order valence-corrected chi connectivity index (χ3v) is 3.00. The van der Waals surface area contributed by atoms with Gasteiger partial charge in [0.25, 0.3) is 5.91 Å². The number of carbonyl (C=O) groups is 1. The van der Waals surface area contributed by atoms with Gasteiger partial charge in [-0.2, -0.15) is 0 Å². The average Bonchev–Trinajstić information content (AvgIpc) is 2.82. The molecule has 6 heteroatoms. The van der Waals surface area contributed by atoms with Crippen LogP contribution in [0.4, 0.5) is 0 Å². The fourth-order valence-corrected chi connectivity index (χ4v) is 2.01. The van der Waals surface area contributed by atoms with Gasteiger partial charge in [0, 0.05) is 5.02 Å². The molecule has 0 aliphatic rings. The second-order valence-electron chi connectivity index (χ2n) is 4.23. The molecular formula is C13H15ClN4O. The summed E-state index contributed by atoms with van der Waals surface area (Å²) < 4.78 is 0. The summed E-state index contributed by atoms with van der Waals surface area (Å²) in [6, 6.07) is 7.34. The number of carbonyl (C=O) groups excluding carboxylic acids is 1. The minimum Gasteiger partial charge on any atom is -0.342 e. The molecule has 5 nitrogen and oxygen atoms in total. The molecule has 1 heterocycles. The summed E-state index contributed by atoms with van der Waals surface area (Å²) in [6.07, 6.45) is 0.759. The van der Waals surface area contributed by atoms with Gasteiger partial charge in [-0.25, -0.2) is 4.98 Å². The van der Waals surface area contributed by atoms with E-state index in [9.17, 15) is 4.79 Å². The molecule has 1 aromatic heterocycles. The third kappa shape index (κ3) is 3.32. The predicted octanol–water partition coefficient (Wildman–Crippen LogP) is 2.65. The van der Waals surface area contributed by atoms with E-state index in [0.29, 0.717) is 10.8 Å². The van der Waals surface area contributed by atoms with Crippen LogP contribution in [0.15, 0.2) is 24.3 Å². The maximum Gasteiger partial charge on any atom is 0.291 e. The Balaban J connectivity index is 2.13. The summed E-state index contributed by atoms with van der Waals surface area (Å²) >= 11 is 5.96. The molecule has 0 saturated carbocycles. The molecule has 2 rings (SSSR count). The first-order valence-corrected chi connectivity index (χ1v) is 6.43. The van der Waals surface area contributed by atoms with Crippen LogP contribution in [0, 0.1) is 6.92 Å². The highest BCUT2D eigenvalue weighted by Crippen LogP contribution is 2.20. The molecule has 0 radical (unpaired) electrons. The Morgan fingerprint density at radius 3 is 2.89 bits per heavy atom. The van der Waals surface area contributed by atoms with E-state index in [-0.39, 0.29) is 17.8 Å². The molecule has 100 valence electrons. The largest absolute Gasteiger partial charge is 0.342 e. The predicted molar refractivity (Wildman–Crippen MR) is 73.1 cm³/mol. The monoisotopic (exact) mass is 278 g/mol. The molecule has 2 aromatic rings. The lowest BCUT2D eigenvalue weighted by Crippen LogP contribution is -2.29. The number of hydrogen-bond donors (Lipinski definition) is 2. The van der Waals surface area contributed by atoms with E-state index in [0.717, 1.165) is 12.0 Å². The summed E-state index contributed by atoms with van der Waals surface area (Å²) in [5, 5.41) is 10.0. The van der Waals surface area contributed by atoms with E-state index >= 15 is 0 Å². The second-order valence-corrected chi connectivity index (χ2v) is 4.67. The fourth-order valence-electron chi connectivity index (χ4n) is 1.81. The van der Waals surface area contributed by atoms with E-state index in [2.05, 4.69) is 20.5 Å². The molecular weight excluding hydrogens is 264 g/mol. The van der Waals surface area contributed by atoms with Crippen molar-refractivity contribution in [3.8, 4) is 0 Å². The van der Waals surface area contributed by atoms with Crippen molar-refractivity contribution < 1.29 is 4.79 Å². The summed E-state index contributed by atoms with van der Waals surface area (Å²) in [5.41, 5.74) is 0.968. The third-order valence-electron chi connectivity index (χ3n) is 2.76. The lowest BCUT2D eigenvalue weighted by molar-refractivity contribution is 0.0925. The molecule has 0 aliphatic heterocycles. The Labute approximate surface area is 116 Å². The van der Waals surface area contributed by atoms with Gasteiger partial charge in [0.15, 0.2) is 0 Å². The van der Waals surface area contributed by atoms with Gasteiger partial charge in [0.1, 0.15) is 5.82 Å². The van der Waals surface area contributed by atoms with E-state index in [1.54, 1.807) is 13.0 Å². The molecule has 1 atom stereocenters. The Hall–Kier alpha value is -1.88. The van der Waals surface area contributed by atoms with Crippen LogP contribution in [0.25, 0.3) is 0 Å². The van der Waals surface area contributed by atoms with Gasteiger partial charge in [-0.1, -0.05) is 30.7 Å². The van der Waals surface area contributed by atoms with Gasteiger partial charge in [-0.3, -0.25) is 9.89 Å². The van der Waals surface area contributed by atoms with Gasteiger partial charge < -0.3 is 5.32 Å². The molecule has 2 N–H and O–H groups in total. The molecule has 1 unspecified atom stereocenters. The standard InChI is InChI=1S/C13H15ClN4O/c1-3-11(9-5-4-6-10(14)7-9)16-13(19)12-15-8(2)17-18-12/h4-7,11H,3H2,1-2H3,(H,16,19)(H,15,17,18). The number of aromatic nitrogens is 3. The quantitative estimate of drug-likeness (QED) is 0.903. The van der Waals surface area contributed by atoms with Crippen LogP contribution in [-0.2, 0) is 0 Å². The van der Waals surface area contributed by atoms with Crippen molar-refractivity contribution in [1.82, 2.24) is 20.5 Å². The van der Waals surface area contributed by atoms with E-state index in [1.165, 1.54) is 0 Å². The number of hydrogen-bond acceptors (Lipinski definition) is 3. The van der Waals surface area contributed by atoms with Crippen molar-refractivity contribution in [3.63, 3.8) is 0 Å². The van der Waals surface area contributed by atoms with Gasteiger partial charge in [-0.15, -0.1) is 5.10 Å². The van der Waals surface area contributed by atoms with Crippen LogP contribution in [0.5, 0.6) is 0 Å². The first-order valence-electron chi connectivity index (χ1n) is 6.05. The van der Waals surface area contributed by atoms with Crippen molar-refractivity contribution in [3.05, 3.63) is 46.5 Å². The number of aromatic amines is 1. The topological polar surface area (TPSA) is 70.7 Å².